The van der Waals surface area contributed by atoms with Gasteiger partial charge in [-0.2, -0.15) is 4.98 Å². The van der Waals surface area contributed by atoms with E-state index in [9.17, 15) is 0 Å². The molecule has 0 radical (unpaired) electrons. The van der Waals surface area contributed by atoms with Gasteiger partial charge < -0.3 is 9.80 Å². The molecule has 0 aliphatic rings. The van der Waals surface area contributed by atoms with Gasteiger partial charge in [0, 0.05) is 25.7 Å². The molecule has 0 atom stereocenters. The van der Waals surface area contributed by atoms with Gasteiger partial charge in [0.15, 0.2) is 0 Å². The SMILES string of the molecule is CCCN(CCC)c1nc(Cl)ncc1C#CCCCN(C)C. The lowest BCUT2D eigenvalue weighted by Gasteiger charge is -2.23. The molecule has 0 unspecified atom stereocenters. The number of unbranched alkanes of at least 4 members (excludes halogenated alkanes) is 1. The van der Waals surface area contributed by atoms with Crippen molar-refractivity contribution in [2.24, 2.45) is 0 Å². The van der Waals surface area contributed by atoms with Crippen LogP contribution >= 0.6 is 11.6 Å². The van der Waals surface area contributed by atoms with Crippen LogP contribution in [-0.2, 0) is 0 Å². The molecule has 0 saturated heterocycles. The van der Waals surface area contributed by atoms with Crippen molar-refractivity contribution in [3.05, 3.63) is 17.0 Å². The van der Waals surface area contributed by atoms with Crippen molar-refractivity contribution in [2.75, 3.05) is 38.6 Å². The highest BCUT2D eigenvalue weighted by Gasteiger charge is 2.12. The minimum atomic E-state index is 0.283. The largest absolute Gasteiger partial charge is 0.355 e. The number of halogens is 1. The van der Waals surface area contributed by atoms with Crippen LogP contribution in [-0.4, -0.2) is 48.6 Å². The number of anilines is 1. The van der Waals surface area contributed by atoms with Crippen molar-refractivity contribution in [3.63, 3.8) is 0 Å². The van der Waals surface area contributed by atoms with Gasteiger partial charge in [0.25, 0.3) is 0 Å². The van der Waals surface area contributed by atoms with E-state index in [1.54, 1.807) is 6.20 Å². The molecule has 4 nitrogen and oxygen atoms in total. The van der Waals surface area contributed by atoms with Gasteiger partial charge in [-0.3, -0.25) is 0 Å². The summed E-state index contributed by atoms with van der Waals surface area (Å²) in [5.74, 6) is 7.31. The van der Waals surface area contributed by atoms with E-state index in [0.29, 0.717) is 0 Å². The molecule has 0 aliphatic carbocycles. The van der Waals surface area contributed by atoms with E-state index in [1.807, 2.05) is 0 Å². The summed E-state index contributed by atoms with van der Waals surface area (Å²) < 4.78 is 0. The lowest BCUT2D eigenvalue weighted by Crippen LogP contribution is -2.27. The summed E-state index contributed by atoms with van der Waals surface area (Å²) in [5, 5.41) is 0.283. The monoisotopic (exact) mass is 322 g/mol. The quantitative estimate of drug-likeness (QED) is 0.417. The summed E-state index contributed by atoms with van der Waals surface area (Å²) in [6.45, 7) is 7.29. The predicted molar refractivity (Wildman–Crippen MR) is 94.5 cm³/mol. The van der Waals surface area contributed by atoms with Gasteiger partial charge in [-0.15, -0.1) is 0 Å². The minimum absolute atomic E-state index is 0.283. The number of nitrogens with zero attached hydrogens (tertiary/aromatic N) is 4. The summed E-state index contributed by atoms with van der Waals surface area (Å²) in [6, 6.07) is 0. The average Bonchev–Trinajstić information content (AvgIpc) is 2.47. The van der Waals surface area contributed by atoms with Crippen LogP contribution in [0.1, 0.15) is 45.1 Å². The number of aromatic nitrogens is 2. The van der Waals surface area contributed by atoms with Crippen molar-refractivity contribution in [1.82, 2.24) is 14.9 Å². The van der Waals surface area contributed by atoms with Crippen molar-refractivity contribution in [1.29, 1.82) is 0 Å². The van der Waals surface area contributed by atoms with Crippen molar-refractivity contribution in [3.8, 4) is 11.8 Å². The van der Waals surface area contributed by atoms with E-state index in [2.05, 4.69) is 59.6 Å². The van der Waals surface area contributed by atoms with Gasteiger partial charge in [-0.25, -0.2) is 4.98 Å². The molecular weight excluding hydrogens is 296 g/mol. The summed E-state index contributed by atoms with van der Waals surface area (Å²) >= 11 is 5.98. The fraction of sp³-hybridized carbons (Fsp3) is 0.647. The van der Waals surface area contributed by atoms with Crippen LogP contribution in [0.4, 0.5) is 5.82 Å². The molecule has 0 fully saturated rings. The lowest BCUT2D eigenvalue weighted by atomic mass is 10.2. The van der Waals surface area contributed by atoms with E-state index in [0.717, 1.165) is 56.7 Å². The normalized spacial score (nSPS) is 10.5. The third-order valence-electron chi connectivity index (χ3n) is 3.16. The van der Waals surface area contributed by atoms with Crippen LogP contribution in [0.15, 0.2) is 6.20 Å². The third kappa shape index (κ3) is 6.64. The molecule has 0 amide bonds. The molecule has 0 bridgehead atoms. The maximum absolute atomic E-state index is 5.98. The second kappa shape index (κ2) is 10.4. The van der Waals surface area contributed by atoms with Gasteiger partial charge in [0.05, 0.1) is 5.56 Å². The maximum Gasteiger partial charge on any atom is 0.224 e. The third-order valence-corrected chi connectivity index (χ3v) is 3.34. The molecule has 1 aromatic heterocycles. The highest BCUT2D eigenvalue weighted by atomic mass is 35.5. The Labute approximate surface area is 139 Å². The topological polar surface area (TPSA) is 32.3 Å². The lowest BCUT2D eigenvalue weighted by molar-refractivity contribution is 0.403. The van der Waals surface area contributed by atoms with E-state index in [4.69, 9.17) is 11.6 Å². The zero-order chi connectivity index (χ0) is 16.4. The van der Waals surface area contributed by atoms with Crippen LogP contribution in [0.3, 0.4) is 0 Å². The van der Waals surface area contributed by atoms with Crippen LogP contribution in [0.25, 0.3) is 0 Å². The molecule has 0 spiro atoms. The van der Waals surface area contributed by atoms with Gasteiger partial charge in [-0.05, 0) is 51.5 Å². The van der Waals surface area contributed by atoms with Crippen molar-refractivity contribution in [2.45, 2.75) is 39.5 Å². The van der Waals surface area contributed by atoms with Crippen LogP contribution < -0.4 is 4.90 Å². The first-order chi connectivity index (χ1) is 10.6. The first-order valence-electron chi connectivity index (χ1n) is 7.99. The molecule has 0 aliphatic heterocycles. The van der Waals surface area contributed by atoms with Crippen molar-refractivity contribution < 1.29 is 0 Å². The Balaban J connectivity index is 2.87. The second-order valence-electron chi connectivity index (χ2n) is 5.57. The highest BCUT2D eigenvalue weighted by Crippen LogP contribution is 2.19. The number of hydrogen-bond donors (Lipinski definition) is 0. The van der Waals surface area contributed by atoms with Crippen molar-refractivity contribution >= 4 is 17.4 Å². The number of rotatable bonds is 8. The first kappa shape index (κ1) is 18.7. The molecule has 1 heterocycles. The standard InChI is InChI=1S/C17H27ClN4/c1-5-11-22(12-6-2)16-15(14-19-17(18)20-16)10-8-7-9-13-21(3)4/h14H,5-7,9,11-13H2,1-4H3. The van der Waals surface area contributed by atoms with E-state index in [-0.39, 0.29) is 5.28 Å². The zero-order valence-corrected chi connectivity index (χ0v) is 14.9. The van der Waals surface area contributed by atoms with Gasteiger partial charge in [0.2, 0.25) is 5.28 Å². The fourth-order valence-corrected chi connectivity index (χ4v) is 2.31. The Hall–Kier alpha value is -1.31. The van der Waals surface area contributed by atoms with Crippen LogP contribution in [0.2, 0.25) is 5.28 Å². The van der Waals surface area contributed by atoms with Crippen LogP contribution in [0, 0.1) is 11.8 Å². The molecule has 0 aromatic carbocycles. The molecule has 5 heteroatoms. The molecule has 1 rings (SSSR count). The minimum Gasteiger partial charge on any atom is -0.355 e. The Morgan fingerprint density at radius 3 is 2.41 bits per heavy atom. The molecule has 22 heavy (non-hydrogen) atoms. The predicted octanol–water partition coefficient (Wildman–Crippen LogP) is 3.45. The summed E-state index contributed by atoms with van der Waals surface area (Å²) in [6.07, 6.45) is 5.82. The highest BCUT2D eigenvalue weighted by molar-refractivity contribution is 6.28. The number of hydrogen-bond acceptors (Lipinski definition) is 4. The summed E-state index contributed by atoms with van der Waals surface area (Å²) in [4.78, 5) is 12.9. The Morgan fingerprint density at radius 1 is 1.14 bits per heavy atom. The first-order valence-corrected chi connectivity index (χ1v) is 8.37. The fourth-order valence-electron chi connectivity index (χ4n) is 2.19. The average molecular weight is 323 g/mol. The molecule has 0 N–H and O–H groups in total. The smallest absolute Gasteiger partial charge is 0.224 e. The summed E-state index contributed by atoms with van der Waals surface area (Å²) in [5.41, 5.74) is 0.871. The molecular formula is C17H27ClN4. The van der Waals surface area contributed by atoms with E-state index >= 15 is 0 Å². The Kier molecular flexibility index (Phi) is 8.88. The van der Waals surface area contributed by atoms with E-state index < -0.39 is 0 Å². The Morgan fingerprint density at radius 2 is 1.82 bits per heavy atom. The van der Waals surface area contributed by atoms with Crippen LogP contribution in [0.5, 0.6) is 0 Å². The van der Waals surface area contributed by atoms with Gasteiger partial charge in [0.1, 0.15) is 5.82 Å². The zero-order valence-electron chi connectivity index (χ0n) is 14.2. The second-order valence-corrected chi connectivity index (χ2v) is 5.91. The summed E-state index contributed by atoms with van der Waals surface area (Å²) in [7, 11) is 4.15. The van der Waals surface area contributed by atoms with Gasteiger partial charge in [-0.1, -0.05) is 25.7 Å². The molecule has 0 saturated carbocycles. The molecule has 122 valence electrons. The van der Waals surface area contributed by atoms with E-state index in [1.165, 1.54) is 0 Å². The maximum atomic E-state index is 5.98. The molecule has 1 aromatic rings. The Bertz CT molecular complexity index is 499. The van der Waals surface area contributed by atoms with Gasteiger partial charge >= 0.3 is 0 Å².